The standard InChI is InChI=1S/C10H19N3O2/c1-3-6-11-7(2)12-8-4-5-9(14)13-10(8)15/h7-8,11-12H,3-6H2,1-2H3,(H,13,14,15). The van der Waals surface area contributed by atoms with Crippen molar-refractivity contribution in [2.75, 3.05) is 6.54 Å². The van der Waals surface area contributed by atoms with Gasteiger partial charge < -0.3 is 5.32 Å². The molecule has 1 heterocycles. The lowest BCUT2D eigenvalue weighted by molar-refractivity contribution is -0.134. The van der Waals surface area contributed by atoms with Crippen molar-refractivity contribution >= 4 is 11.8 Å². The first-order valence-electron chi connectivity index (χ1n) is 5.46. The van der Waals surface area contributed by atoms with Crippen LogP contribution in [0.15, 0.2) is 0 Å². The van der Waals surface area contributed by atoms with Gasteiger partial charge in [0.15, 0.2) is 0 Å². The Morgan fingerprint density at radius 2 is 2.27 bits per heavy atom. The molecule has 3 N–H and O–H groups in total. The van der Waals surface area contributed by atoms with Gasteiger partial charge >= 0.3 is 0 Å². The summed E-state index contributed by atoms with van der Waals surface area (Å²) in [5.74, 6) is -0.386. The van der Waals surface area contributed by atoms with Gasteiger partial charge in [-0.15, -0.1) is 0 Å². The van der Waals surface area contributed by atoms with Crippen molar-refractivity contribution in [1.29, 1.82) is 0 Å². The Morgan fingerprint density at radius 3 is 2.87 bits per heavy atom. The van der Waals surface area contributed by atoms with Crippen molar-refractivity contribution in [3.05, 3.63) is 0 Å². The molecule has 0 aromatic carbocycles. The van der Waals surface area contributed by atoms with Crippen LogP contribution in [0, 0.1) is 0 Å². The van der Waals surface area contributed by atoms with Gasteiger partial charge in [-0.25, -0.2) is 0 Å². The van der Waals surface area contributed by atoms with Crippen LogP contribution < -0.4 is 16.0 Å². The van der Waals surface area contributed by atoms with Gasteiger partial charge in [0, 0.05) is 6.42 Å². The van der Waals surface area contributed by atoms with Gasteiger partial charge in [-0.2, -0.15) is 0 Å². The second kappa shape index (κ2) is 5.82. The first-order valence-corrected chi connectivity index (χ1v) is 5.46. The second-order valence-corrected chi connectivity index (χ2v) is 3.85. The minimum Gasteiger partial charge on any atom is -0.302 e. The zero-order chi connectivity index (χ0) is 11.3. The predicted octanol–water partition coefficient (Wildman–Crippen LogP) is -0.273. The van der Waals surface area contributed by atoms with Gasteiger partial charge in [0.2, 0.25) is 11.8 Å². The van der Waals surface area contributed by atoms with Crippen molar-refractivity contribution in [2.45, 2.75) is 45.3 Å². The number of carbonyl (C=O) groups excluding carboxylic acids is 2. The fourth-order valence-corrected chi connectivity index (χ4v) is 1.57. The lowest BCUT2D eigenvalue weighted by Crippen LogP contribution is -2.55. The fraction of sp³-hybridized carbons (Fsp3) is 0.800. The van der Waals surface area contributed by atoms with Crippen molar-refractivity contribution in [2.24, 2.45) is 0 Å². The molecule has 0 aromatic rings. The molecule has 0 radical (unpaired) electrons. The van der Waals surface area contributed by atoms with Crippen LogP contribution in [-0.2, 0) is 9.59 Å². The summed E-state index contributed by atoms with van der Waals surface area (Å²) in [5.41, 5.74) is 0. The Kier molecular flexibility index (Phi) is 4.71. The summed E-state index contributed by atoms with van der Waals surface area (Å²) in [6.07, 6.45) is 2.16. The lowest BCUT2D eigenvalue weighted by Gasteiger charge is -2.25. The molecule has 5 nitrogen and oxygen atoms in total. The van der Waals surface area contributed by atoms with Crippen LogP contribution in [0.4, 0.5) is 0 Å². The molecule has 1 aliphatic heterocycles. The van der Waals surface area contributed by atoms with E-state index < -0.39 is 0 Å². The summed E-state index contributed by atoms with van der Waals surface area (Å²) in [6, 6.07) is -0.248. The van der Waals surface area contributed by atoms with E-state index in [9.17, 15) is 9.59 Å². The van der Waals surface area contributed by atoms with Gasteiger partial charge in [-0.1, -0.05) is 6.92 Å². The molecular formula is C10H19N3O2. The summed E-state index contributed by atoms with van der Waals surface area (Å²) < 4.78 is 0. The molecule has 2 unspecified atom stereocenters. The van der Waals surface area contributed by atoms with E-state index in [1.54, 1.807) is 0 Å². The molecule has 2 amide bonds. The van der Waals surface area contributed by atoms with Crippen molar-refractivity contribution in [3.63, 3.8) is 0 Å². The number of hydrogen-bond donors (Lipinski definition) is 3. The highest BCUT2D eigenvalue weighted by atomic mass is 16.2. The van der Waals surface area contributed by atoms with Crippen molar-refractivity contribution < 1.29 is 9.59 Å². The molecule has 86 valence electrons. The molecule has 5 heteroatoms. The molecule has 0 bridgehead atoms. The molecule has 15 heavy (non-hydrogen) atoms. The normalized spacial score (nSPS) is 23.7. The molecule has 0 spiro atoms. The molecule has 2 atom stereocenters. The minimum absolute atomic E-state index is 0.0916. The predicted molar refractivity (Wildman–Crippen MR) is 57.1 cm³/mol. The molecule has 0 saturated carbocycles. The number of rotatable bonds is 5. The van der Waals surface area contributed by atoms with E-state index in [0.29, 0.717) is 12.8 Å². The maximum absolute atomic E-state index is 11.4. The third kappa shape index (κ3) is 3.97. The molecule has 0 aromatic heterocycles. The summed E-state index contributed by atoms with van der Waals surface area (Å²) >= 11 is 0. The summed E-state index contributed by atoms with van der Waals surface area (Å²) in [6.45, 7) is 4.98. The van der Waals surface area contributed by atoms with Gasteiger partial charge in [-0.05, 0) is 26.3 Å². The zero-order valence-electron chi connectivity index (χ0n) is 9.30. The largest absolute Gasteiger partial charge is 0.302 e. The van der Waals surface area contributed by atoms with Gasteiger partial charge in [0.25, 0.3) is 0 Å². The SMILES string of the molecule is CCCNC(C)NC1CCC(=O)NC1=O. The minimum atomic E-state index is -0.248. The highest BCUT2D eigenvalue weighted by Gasteiger charge is 2.26. The molecule has 0 aliphatic carbocycles. The quantitative estimate of drug-likeness (QED) is 0.434. The first kappa shape index (κ1) is 12.1. The number of nitrogens with one attached hydrogen (secondary N) is 3. The monoisotopic (exact) mass is 213 g/mol. The average molecular weight is 213 g/mol. The smallest absolute Gasteiger partial charge is 0.243 e. The Balaban J connectivity index is 2.31. The van der Waals surface area contributed by atoms with Crippen molar-refractivity contribution in [1.82, 2.24) is 16.0 Å². The van der Waals surface area contributed by atoms with Gasteiger partial charge in [0.1, 0.15) is 0 Å². The maximum atomic E-state index is 11.4. The van der Waals surface area contributed by atoms with Gasteiger partial charge in [0.05, 0.1) is 12.2 Å². The summed E-state index contributed by atoms with van der Waals surface area (Å²) in [5, 5.41) is 8.71. The second-order valence-electron chi connectivity index (χ2n) is 3.85. The van der Waals surface area contributed by atoms with Crippen molar-refractivity contribution in [3.8, 4) is 0 Å². The summed E-state index contributed by atoms with van der Waals surface area (Å²) in [7, 11) is 0. The Labute approximate surface area is 90.0 Å². The van der Waals surface area contributed by atoms with E-state index >= 15 is 0 Å². The van der Waals surface area contributed by atoms with E-state index in [1.807, 2.05) is 6.92 Å². The molecular weight excluding hydrogens is 194 g/mol. The third-order valence-corrected chi connectivity index (χ3v) is 2.39. The summed E-state index contributed by atoms with van der Waals surface area (Å²) in [4.78, 5) is 22.3. The Hall–Kier alpha value is -0.940. The lowest BCUT2D eigenvalue weighted by atomic mass is 10.1. The molecule has 1 fully saturated rings. The van der Waals surface area contributed by atoms with Crippen LogP contribution >= 0.6 is 0 Å². The molecule has 1 rings (SSSR count). The Bertz CT molecular complexity index is 243. The number of amides is 2. The van der Waals surface area contributed by atoms with Crippen LogP contribution in [0.1, 0.15) is 33.1 Å². The Morgan fingerprint density at radius 1 is 1.53 bits per heavy atom. The fourth-order valence-electron chi connectivity index (χ4n) is 1.57. The number of carbonyl (C=O) groups is 2. The van der Waals surface area contributed by atoms with E-state index in [-0.39, 0.29) is 24.0 Å². The first-order chi connectivity index (χ1) is 7.13. The van der Waals surface area contributed by atoms with Crippen LogP contribution in [0.5, 0.6) is 0 Å². The number of piperidine rings is 1. The van der Waals surface area contributed by atoms with Crippen LogP contribution in [0.2, 0.25) is 0 Å². The van der Waals surface area contributed by atoms with Gasteiger partial charge in [-0.3, -0.25) is 20.2 Å². The van der Waals surface area contributed by atoms with E-state index in [1.165, 1.54) is 0 Å². The highest BCUT2D eigenvalue weighted by Crippen LogP contribution is 2.04. The van der Waals surface area contributed by atoms with E-state index in [2.05, 4.69) is 22.9 Å². The highest BCUT2D eigenvalue weighted by molar-refractivity contribution is 6.00. The van der Waals surface area contributed by atoms with E-state index in [4.69, 9.17) is 0 Å². The van der Waals surface area contributed by atoms with E-state index in [0.717, 1.165) is 13.0 Å². The third-order valence-electron chi connectivity index (χ3n) is 2.39. The van der Waals surface area contributed by atoms with Crippen LogP contribution in [0.25, 0.3) is 0 Å². The zero-order valence-corrected chi connectivity index (χ0v) is 9.30. The number of hydrogen-bond acceptors (Lipinski definition) is 4. The average Bonchev–Trinajstić information content (AvgIpc) is 2.19. The van der Waals surface area contributed by atoms with Crippen LogP contribution in [0.3, 0.4) is 0 Å². The maximum Gasteiger partial charge on any atom is 0.243 e. The van der Waals surface area contributed by atoms with Crippen LogP contribution in [-0.4, -0.2) is 30.6 Å². The topological polar surface area (TPSA) is 70.2 Å². The molecule has 1 aliphatic rings. The molecule has 1 saturated heterocycles. The number of imide groups is 1.